The summed E-state index contributed by atoms with van der Waals surface area (Å²) in [5, 5.41) is 3.74. The first kappa shape index (κ1) is 19.9. The number of hydrogen-bond acceptors (Lipinski definition) is 5. The van der Waals surface area contributed by atoms with Crippen molar-refractivity contribution in [1.82, 2.24) is 14.9 Å². The van der Waals surface area contributed by atoms with Gasteiger partial charge in [0.25, 0.3) is 0 Å². The first-order valence-electron chi connectivity index (χ1n) is 9.67. The van der Waals surface area contributed by atoms with Crippen LogP contribution in [0.15, 0.2) is 73.1 Å². The first-order chi connectivity index (χ1) is 14.7. The highest BCUT2D eigenvalue weighted by atomic mass is 35.5. The number of nitrogens with one attached hydrogen (secondary N) is 1. The van der Waals surface area contributed by atoms with Crippen LogP contribution < -0.4 is 5.32 Å². The van der Waals surface area contributed by atoms with Crippen LogP contribution in [0.5, 0.6) is 0 Å². The summed E-state index contributed by atoms with van der Waals surface area (Å²) in [4.78, 5) is 22.7. The van der Waals surface area contributed by atoms with Crippen LogP contribution >= 0.6 is 11.6 Å². The first-order valence-corrected chi connectivity index (χ1v) is 10.0. The fourth-order valence-corrected chi connectivity index (χ4v) is 3.33. The minimum Gasteiger partial charge on any atom is -0.445 e. The molecule has 1 amide bonds. The lowest BCUT2D eigenvalue weighted by Gasteiger charge is -2.26. The van der Waals surface area contributed by atoms with Gasteiger partial charge in [-0.15, -0.1) is 0 Å². The molecule has 0 bridgehead atoms. The number of nitrogens with zero attached hydrogens (tertiary/aromatic N) is 3. The molecule has 0 atom stereocenters. The maximum absolute atomic E-state index is 12.3. The van der Waals surface area contributed by atoms with Crippen molar-refractivity contribution in [3.05, 3.63) is 89.2 Å². The van der Waals surface area contributed by atoms with Crippen LogP contribution in [-0.4, -0.2) is 34.1 Å². The van der Waals surface area contributed by atoms with Crippen LogP contribution in [0.25, 0.3) is 5.57 Å². The average molecular weight is 421 g/mol. The zero-order valence-electron chi connectivity index (χ0n) is 16.3. The molecule has 1 aliphatic heterocycles. The monoisotopic (exact) mass is 420 g/mol. The number of halogens is 1. The van der Waals surface area contributed by atoms with Crippen molar-refractivity contribution < 1.29 is 9.53 Å². The van der Waals surface area contributed by atoms with E-state index < -0.39 is 0 Å². The van der Waals surface area contributed by atoms with Gasteiger partial charge in [-0.2, -0.15) is 0 Å². The van der Waals surface area contributed by atoms with Crippen LogP contribution in [0.3, 0.4) is 0 Å². The molecule has 1 N–H and O–H groups in total. The number of rotatable bonds is 5. The fourth-order valence-electron chi connectivity index (χ4n) is 3.17. The van der Waals surface area contributed by atoms with E-state index in [2.05, 4.69) is 21.4 Å². The Morgan fingerprint density at radius 3 is 2.67 bits per heavy atom. The Balaban J connectivity index is 1.32. The molecule has 1 aliphatic rings. The lowest BCUT2D eigenvalue weighted by molar-refractivity contribution is 0.0998. The van der Waals surface area contributed by atoms with Crippen molar-refractivity contribution in [3.63, 3.8) is 0 Å². The van der Waals surface area contributed by atoms with E-state index in [1.165, 1.54) is 5.57 Å². The molecular formula is C23H21ClN4O2. The summed E-state index contributed by atoms with van der Waals surface area (Å²) in [6.07, 6.45) is 5.98. The van der Waals surface area contributed by atoms with E-state index >= 15 is 0 Å². The average Bonchev–Trinajstić information content (AvgIpc) is 2.79. The molecule has 152 valence electrons. The summed E-state index contributed by atoms with van der Waals surface area (Å²) in [5.74, 6) is 1.33. The zero-order chi connectivity index (χ0) is 20.8. The molecule has 0 fully saturated rings. The van der Waals surface area contributed by atoms with Gasteiger partial charge in [0.1, 0.15) is 18.2 Å². The van der Waals surface area contributed by atoms with Gasteiger partial charge in [0.05, 0.1) is 0 Å². The molecule has 0 unspecified atom stereocenters. The number of carbonyl (C=O) groups is 1. The molecule has 0 aliphatic carbocycles. The van der Waals surface area contributed by atoms with Gasteiger partial charge in [-0.25, -0.2) is 14.8 Å². The Labute approximate surface area is 180 Å². The van der Waals surface area contributed by atoms with Crippen molar-refractivity contribution >= 4 is 34.9 Å². The van der Waals surface area contributed by atoms with E-state index in [0.717, 1.165) is 17.5 Å². The van der Waals surface area contributed by atoms with Crippen molar-refractivity contribution in [2.45, 2.75) is 13.0 Å². The van der Waals surface area contributed by atoms with Gasteiger partial charge in [0.15, 0.2) is 0 Å². The number of benzene rings is 1. The van der Waals surface area contributed by atoms with Crippen LogP contribution in [0.1, 0.15) is 17.5 Å². The second-order valence-corrected chi connectivity index (χ2v) is 7.32. The normalized spacial score (nSPS) is 13.5. The van der Waals surface area contributed by atoms with Crippen molar-refractivity contribution in [3.8, 4) is 0 Å². The third-order valence-electron chi connectivity index (χ3n) is 4.78. The Morgan fingerprint density at radius 2 is 1.97 bits per heavy atom. The van der Waals surface area contributed by atoms with Crippen LogP contribution in [0.2, 0.25) is 5.02 Å². The van der Waals surface area contributed by atoms with Gasteiger partial charge >= 0.3 is 6.09 Å². The molecule has 7 heteroatoms. The predicted molar refractivity (Wildman–Crippen MR) is 118 cm³/mol. The molecule has 0 saturated carbocycles. The van der Waals surface area contributed by atoms with E-state index in [1.54, 1.807) is 23.2 Å². The molecule has 6 nitrogen and oxygen atoms in total. The number of hydrogen-bond donors (Lipinski definition) is 1. The number of anilines is 2. The minimum atomic E-state index is -0.291. The van der Waals surface area contributed by atoms with Crippen LogP contribution in [0.4, 0.5) is 16.4 Å². The summed E-state index contributed by atoms with van der Waals surface area (Å²) < 4.78 is 5.41. The smallest absolute Gasteiger partial charge is 0.410 e. The second-order valence-electron chi connectivity index (χ2n) is 6.88. The van der Waals surface area contributed by atoms with Crippen molar-refractivity contribution in [2.24, 2.45) is 0 Å². The molecule has 30 heavy (non-hydrogen) atoms. The molecule has 3 aromatic rings. The standard InChI is InChI=1S/C23H21ClN4O2/c24-20-8-11-25-22(14-20)27-21-7-6-19(15-26-21)18-9-12-28(13-10-18)23(29)30-16-17-4-2-1-3-5-17/h1-9,11,14-15H,10,12-13,16H2,(H,25,26,27). The third kappa shape index (κ3) is 5.15. The van der Waals surface area contributed by atoms with Gasteiger partial charge in [-0.1, -0.05) is 48.0 Å². The van der Waals surface area contributed by atoms with E-state index in [1.807, 2.05) is 48.7 Å². The Hall–Kier alpha value is -3.38. The molecule has 1 aromatic carbocycles. The highest BCUT2D eigenvalue weighted by Crippen LogP contribution is 2.24. The van der Waals surface area contributed by atoms with Gasteiger partial charge in [-0.05, 0) is 47.4 Å². The molecule has 0 saturated heterocycles. The third-order valence-corrected chi connectivity index (χ3v) is 5.02. The Bertz CT molecular complexity index is 1040. The minimum absolute atomic E-state index is 0.284. The quantitative estimate of drug-likeness (QED) is 0.606. The summed E-state index contributed by atoms with van der Waals surface area (Å²) >= 11 is 5.98. The van der Waals surface area contributed by atoms with Gasteiger partial charge < -0.3 is 15.0 Å². The van der Waals surface area contributed by atoms with Gasteiger partial charge in [0.2, 0.25) is 0 Å². The lowest BCUT2D eigenvalue weighted by atomic mass is 10.0. The largest absolute Gasteiger partial charge is 0.445 e. The summed E-state index contributed by atoms with van der Waals surface area (Å²) in [7, 11) is 0. The van der Waals surface area contributed by atoms with Gasteiger partial charge in [-0.3, -0.25) is 0 Å². The summed E-state index contributed by atoms with van der Waals surface area (Å²) in [6, 6.07) is 17.1. The molecule has 0 spiro atoms. The number of pyridine rings is 2. The van der Waals surface area contributed by atoms with E-state index in [-0.39, 0.29) is 12.7 Å². The second kappa shape index (κ2) is 9.41. The van der Waals surface area contributed by atoms with E-state index in [0.29, 0.717) is 29.7 Å². The van der Waals surface area contributed by atoms with Crippen molar-refractivity contribution in [2.75, 3.05) is 18.4 Å². The van der Waals surface area contributed by atoms with Crippen molar-refractivity contribution in [1.29, 1.82) is 0 Å². The maximum atomic E-state index is 12.3. The predicted octanol–water partition coefficient (Wildman–Crippen LogP) is 5.30. The molecule has 0 radical (unpaired) electrons. The van der Waals surface area contributed by atoms with Crippen LogP contribution in [0, 0.1) is 0 Å². The summed E-state index contributed by atoms with van der Waals surface area (Å²) in [5.41, 5.74) is 3.19. The fraction of sp³-hybridized carbons (Fsp3) is 0.174. The van der Waals surface area contributed by atoms with Crippen LogP contribution in [-0.2, 0) is 11.3 Å². The lowest BCUT2D eigenvalue weighted by Crippen LogP contribution is -2.35. The Kier molecular flexibility index (Phi) is 6.25. The Morgan fingerprint density at radius 1 is 1.10 bits per heavy atom. The number of ether oxygens (including phenoxy) is 1. The number of carbonyl (C=O) groups excluding carboxylic acids is 1. The van der Waals surface area contributed by atoms with E-state index in [9.17, 15) is 4.79 Å². The zero-order valence-corrected chi connectivity index (χ0v) is 17.0. The topological polar surface area (TPSA) is 67.3 Å². The number of amides is 1. The molecular weight excluding hydrogens is 400 g/mol. The molecule has 4 rings (SSSR count). The SMILES string of the molecule is O=C(OCc1ccccc1)N1CC=C(c2ccc(Nc3cc(Cl)ccn3)nc2)CC1. The molecule has 3 heterocycles. The highest BCUT2D eigenvalue weighted by molar-refractivity contribution is 6.30. The summed E-state index contributed by atoms with van der Waals surface area (Å²) in [6.45, 7) is 1.42. The van der Waals surface area contributed by atoms with Gasteiger partial charge in [0, 0.05) is 30.5 Å². The maximum Gasteiger partial charge on any atom is 0.410 e. The number of aromatic nitrogens is 2. The van der Waals surface area contributed by atoms with E-state index in [4.69, 9.17) is 16.3 Å². The molecule has 2 aromatic heterocycles. The highest BCUT2D eigenvalue weighted by Gasteiger charge is 2.19.